The Hall–Kier alpha value is -3.93. The first-order valence-corrected chi connectivity index (χ1v) is 21.6. The van der Waals surface area contributed by atoms with Crippen LogP contribution in [0.4, 0.5) is 0 Å². The van der Waals surface area contributed by atoms with Gasteiger partial charge in [-0.3, -0.25) is 6.08 Å². The number of hydrogen-bond donors (Lipinski definition) is 0. The third kappa shape index (κ3) is 11.8. The van der Waals surface area contributed by atoms with E-state index in [0.29, 0.717) is 0 Å². The standard InChI is InChI=1S/C29H41.2C10H7.C5H5.CH2.Zr/c1-26(2,3)22-14-18-13-19-15-23(27(4,5)6)25(29(10,11)12)17-21(19)20(18)16-24(22)28(7,8)9;2*1-2-6-10-8-4-3-7-9(10)5-1;1-2-4-5-3-1;;/h14,16-17H,13H2,1-12H3;2*1-3,5-8H;1-3H,4H2;1H2;/q4*-1;;. The molecular weight excluding hydrogens is 752 g/mol. The fourth-order valence-corrected chi connectivity index (χ4v) is 7.10. The maximum Gasteiger partial charge on any atom is -0.0648 e. The molecule has 0 radical (unpaired) electrons. The Morgan fingerprint density at radius 1 is 0.536 bits per heavy atom. The predicted octanol–water partition coefficient (Wildman–Crippen LogP) is 14.8. The van der Waals surface area contributed by atoms with Gasteiger partial charge in [-0.2, -0.15) is 72.3 Å². The summed E-state index contributed by atoms with van der Waals surface area (Å²) >= 11 is 1.30. The zero-order valence-corrected chi connectivity index (χ0v) is 38.6. The molecule has 0 bridgehead atoms. The van der Waals surface area contributed by atoms with Crippen molar-refractivity contribution in [2.24, 2.45) is 0 Å². The Morgan fingerprint density at radius 3 is 1.39 bits per heavy atom. The number of rotatable bonds is 0. The van der Waals surface area contributed by atoms with Crippen molar-refractivity contribution in [3.8, 4) is 11.1 Å². The van der Waals surface area contributed by atoms with E-state index in [9.17, 15) is 0 Å². The van der Waals surface area contributed by atoms with E-state index in [0.717, 1.165) is 12.8 Å². The van der Waals surface area contributed by atoms with Crippen LogP contribution in [0.25, 0.3) is 32.7 Å². The molecule has 290 valence electrons. The van der Waals surface area contributed by atoms with Crippen molar-refractivity contribution >= 4 is 25.8 Å². The molecule has 2 aliphatic rings. The van der Waals surface area contributed by atoms with E-state index in [-0.39, 0.29) is 21.7 Å². The fourth-order valence-electron chi connectivity index (χ4n) is 7.10. The maximum atomic E-state index is 3.90. The van der Waals surface area contributed by atoms with Crippen LogP contribution in [0.2, 0.25) is 0 Å². The van der Waals surface area contributed by atoms with Gasteiger partial charge in [-0.05, 0) is 39.4 Å². The summed E-state index contributed by atoms with van der Waals surface area (Å²) in [6, 6.07) is 46.0. The topological polar surface area (TPSA) is 0 Å². The van der Waals surface area contributed by atoms with Gasteiger partial charge in [0, 0.05) is 0 Å². The van der Waals surface area contributed by atoms with Crippen molar-refractivity contribution in [1.29, 1.82) is 0 Å². The zero-order chi connectivity index (χ0) is 41.3. The molecule has 0 saturated heterocycles. The van der Waals surface area contributed by atoms with E-state index < -0.39 is 0 Å². The number of fused-ring (bicyclic) bond motifs is 5. The molecule has 1 heteroatoms. The largest absolute Gasteiger partial charge is 0.183 e. The van der Waals surface area contributed by atoms with E-state index in [1.165, 1.54) is 90.3 Å². The van der Waals surface area contributed by atoms with E-state index in [1.54, 1.807) is 0 Å². The molecular formula is C55H62Zr-4. The number of allylic oxidation sites excluding steroid dienone is 4. The molecule has 6 aromatic carbocycles. The first-order chi connectivity index (χ1) is 26.3. The minimum atomic E-state index is 0.0968. The van der Waals surface area contributed by atoms with Gasteiger partial charge in [-0.15, -0.1) is 56.8 Å². The molecule has 56 heavy (non-hydrogen) atoms. The van der Waals surface area contributed by atoms with Crippen molar-refractivity contribution in [3.63, 3.8) is 0 Å². The molecule has 0 unspecified atom stereocenters. The molecule has 2 aliphatic carbocycles. The predicted molar refractivity (Wildman–Crippen MR) is 243 cm³/mol. The third-order valence-corrected chi connectivity index (χ3v) is 10.0. The molecule has 0 aromatic heterocycles. The first-order valence-electron chi connectivity index (χ1n) is 19.9. The third-order valence-electron chi connectivity index (χ3n) is 10.0. The van der Waals surface area contributed by atoms with Crippen LogP contribution in [0.5, 0.6) is 0 Å². The summed E-state index contributed by atoms with van der Waals surface area (Å²) < 4.78 is 3.34. The molecule has 8 rings (SSSR count). The van der Waals surface area contributed by atoms with Crippen molar-refractivity contribution in [3.05, 3.63) is 179 Å². The van der Waals surface area contributed by atoms with Gasteiger partial charge in [-0.25, -0.2) is 12.2 Å². The summed E-state index contributed by atoms with van der Waals surface area (Å²) in [6.45, 7) is 28.0. The average molecular weight is 814 g/mol. The summed E-state index contributed by atoms with van der Waals surface area (Å²) in [5.41, 5.74) is 11.9. The molecule has 0 aliphatic heterocycles. The van der Waals surface area contributed by atoms with E-state index in [1.807, 2.05) is 60.7 Å². The van der Waals surface area contributed by atoms with Gasteiger partial charge in [0.2, 0.25) is 0 Å². The van der Waals surface area contributed by atoms with Gasteiger partial charge < -0.3 is 0 Å². The SMILES string of the molecule is CC(C)(C)c1[c-]c2c(cc1C(C)(C)C)-c1cc(C(C)(C)C)c(C(C)(C)C)cc1C2.[C-]1=CC=CC1.[CH2]=[Zr].[c-]1ccc2ccccc2c1.[c-]1ccc2ccccc2c1. The minimum Gasteiger partial charge on any atom is -0.183 e. The molecule has 0 amide bonds. The van der Waals surface area contributed by atoms with Crippen LogP contribution < -0.4 is 0 Å². The monoisotopic (exact) mass is 812 g/mol. The van der Waals surface area contributed by atoms with Crippen molar-refractivity contribution in [2.45, 2.75) is 118 Å². The summed E-state index contributed by atoms with van der Waals surface area (Å²) in [5, 5.41) is 5.07. The van der Waals surface area contributed by atoms with Crippen LogP contribution in [0.3, 0.4) is 0 Å². The van der Waals surface area contributed by atoms with Crippen LogP contribution in [0, 0.1) is 24.3 Å². The van der Waals surface area contributed by atoms with Crippen molar-refractivity contribution < 1.29 is 24.2 Å². The number of hydrogen-bond acceptors (Lipinski definition) is 0. The zero-order valence-electron chi connectivity index (χ0n) is 36.2. The molecule has 0 N–H and O–H groups in total. The Balaban J connectivity index is 0.000000206. The second-order valence-corrected chi connectivity index (χ2v) is 18.7. The van der Waals surface area contributed by atoms with Crippen LogP contribution in [-0.2, 0) is 52.3 Å². The normalized spacial score (nSPS) is 12.8. The first kappa shape index (κ1) is 44.8. The van der Waals surface area contributed by atoms with Crippen LogP contribution in [-0.4, -0.2) is 4.21 Å². The van der Waals surface area contributed by atoms with Gasteiger partial charge in [0.25, 0.3) is 0 Å². The van der Waals surface area contributed by atoms with E-state index >= 15 is 0 Å². The quantitative estimate of drug-likeness (QED) is 0.134. The maximum absolute atomic E-state index is 3.90. The van der Waals surface area contributed by atoms with Crippen LogP contribution in [0.1, 0.15) is 123 Å². The second-order valence-electron chi connectivity index (χ2n) is 18.7. The molecule has 0 spiro atoms. The molecule has 0 nitrogen and oxygen atoms in total. The summed E-state index contributed by atoms with van der Waals surface area (Å²) in [4.78, 5) is 0. The molecule has 0 atom stereocenters. The van der Waals surface area contributed by atoms with Crippen molar-refractivity contribution in [2.75, 3.05) is 0 Å². The molecule has 0 heterocycles. The average Bonchev–Trinajstić information content (AvgIpc) is 3.86. The van der Waals surface area contributed by atoms with Crippen molar-refractivity contribution in [1.82, 2.24) is 0 Å². The summed E-state index contributed by atoms with van der Waals surface area (Å²) in [5.74, 6) is 0. The minimum absolute atomic E-state index is 0.0968. The Kier molecular flexibility index (Phi) is 15.2. The van der Waals surface area contributed by atoms with Gasteiger partial charge in [0.1, 0.15) is 0 Å². The smallest absolute Gasteiger partial charge is 0.0648 e. The fraction of sp³-hybridized carbons (Fsp3) is 0.327. The Labute approximate surface area is 355 Å². The van der Waals surface area contributed by atoms with Crippen LogP contribution in [0.15, 0.2) is 121 Å². The van der Waals surface area contributed by atoms with E-state index in [2.05, 4.69) is 172 Å². The molecule has 0 fully saturated rings. The van der Waals surface area contributed by atoms with E-state index in [4.69, 9.17) is 0 Å². The summed E-state index contributed by atoms with van der Waals surface area (Å²) in [7, 11) is 0. The van der Waals surface area contributed by atoms with Crippen LogP contribution >= 0.6 is 0 Å². The molecule has 6 aromatic rings. The van der Waals surface area contributed by atoms with Gasteiger partial charge >= 0.3 is 28.4 Å². The Bertz CT molecular complexity index is 1980. The van der Waals surface area contributed by atoms with Gasteiger partial charge in [0.05, 0.1) is 0 Å². The number of benzene rings is 6. The Morgan fingerprint density at radius 2 is 1.00 bits per heavy atom. The second kappa shape index (κ2) is 19.0. The van der Waals surface area contributed by atoms with Gasteiger partial charge in [0.15, 0.2) is 0 Å². The summed E-state index contributed by atoms with van der Waals surface area (Å²) in [6.07, 6.45) is 11.0. The van der Waals surface area contributed by atoms with Gasteiger partial charge in [-0.1, -0.05) is 143 Å². The molecule has 0 saturated carbocycles.